The third kappa shape index (κ3) is 5.94. The smallest absolute Gasteiger partial charge is 0.255 e. The van der Waals surface area contributed by atoms with E-state index in [1.165, 1.54) is 12.0 Å². The first-order valence-electron chi connectivity index (χ1n) is 13.3. The van der Waals surface area contributed by atoms with Gasteiger partial charge in [-0.3, -0.25) is 9.59 Å². The molecule has 5 rings (SSSR count). The lowest BCUT2D eigenvalue weighted by molar-refractivity contribution is -0.123. The fraction of sp³-hybridized carbons (Fsp3) is 0.414. The Morgan fingerprint density at radius 3 is 2.80 bits per heavy atom. The lowest BCUT2D eigenvalue weighted by Gasteiger charge is -2.23. The molecule has 1 saturated heterocycles. The van der Waals surface area contributed by atoms with Crippen molar-refractivity contribution in [3.63, 3.8) is 0 Å². The van der Waals surface area contributed by atoms with Gasteiger partial charge < -0.3 is 24.8 Å². The SMILES string of the molecule is COc1cccc([C@@H](CO)NC(=O)CN2C(=O)c3cc(-c4nc(CC5CCOCC5)ncc4Cl)ccc3[C@H]2C)n1. The number of ether oxygens (including phenoxy) is 2. The lowest BCUT2D eigenvalue weighted by atomic mass is 9.96. The van der Waals surface area contributed by atoms with E-state index >= 15 is 0 Å². The molecule has 1 aromatic carbocycles. The molecule has 2 aliphatic heterocycles. The maximum Gasteiger partial charge on any atom is 0.255 e. The molecule has 40 heavy (non-hydrogen) atoms. The van der Waals surface area contributed by atoms with Crippen molar-refractivity contribution in [2.75, 3.05) is 33.5 Å². The number of methoxy groups -OCH3 is 1. The molecule has 2 amide bonds. The number of nitrogens with one attached hydrogen (secondary N) is 1. The van der Waals surface area contributed by atoms with Crippen LogP contribution in [0, 0.1) is 5.92 Å². The van der Waals surface area contributed by atoms with Gasteiger partial charge in [-0.25, -0.2) is 15.0 Å². The summed E-state index contributed by atoms with van der Waals surface area (Å²) >= 11 is 6.49. The summed E-state index contributed by atoms with van der Waals surface area (Å²) in [5.41, 5.74) is 3.08. The normalized spacial score (nSPS) is 17.9. The van der Waals surface area contributed by atoms with Gasteiger partial charge in [-0.05, 0) is 43.4 Å². The molecule has 2 N–H and O–H groups in total. The molecular formula is C29H32ClN5O5. The monoisotopic (exact) mass is 565 g/mol. The third-order valence-electron chi connectivity index (χ3n) is 7.48. The predicted octanol–water partition coefficient (Wildman–Crippen LogP) is 3.54. The van der Waals surface area contributed by atoms with Gasteiger partial charge in [-0.1, -0.05) is 29.8 Å². The van der Waals surface area contributed by atoms with Gasteiger partial charge >= 0.3 is 0 Å². The number of benzene rings is 1. The number of nitrogens with zero attached hydrogens (tertiary/aromatic N) is 4. The summed E-state index contributed by atoms with van der Waals surface area (Å²) in [6, 6.07) is 9.63. The van der Waals surface area contributed by atoms with Crippen molar-refractivity contribution in [3.05, 3.63) is 70.3 Å². The van der Waals surface area contributed by atoms with Gasteiger partial charge in [0.2, 0.25) is 11.8 Å². The van der Waals surface area contributed by atoms with Gasteiger partial charge in [0.15, 0.2) is 0 Å². The van der Waals surface area contributed by atoms with Crippen LogP contribution in [0.5, 0.6) is 5.88 Å². The topological polar surface area (TPSA) is 127 Å². The van der Waals surface area contributed by atoms with Gasteiger partial charge in [0.25, 0.3) is 5.91 Å². The van der Waals surface area contributed by atoms with Crippen LogP contribution in [-0.4, -0.2) is 70.2 Å². The van der Waals surface area contributed by atoms with E-state index < -0.39 is 11.9 Å². The van der Waals surface area contributed by atoms with Gasteiger partial charge in [0.1, 0.15) is 12.4 Å². The van der Waals surface area contributed by atoms with Crippen LogP contribution >= 0.6 is 11.6 Å². The average molecular weight is 566 g/mol. The number of carbonyl (C=O) groups excluding carboxylic acids is 2. The molecule has 2 aromatic heterocycles. The van der Waals surface area contributed by atoms with Crippen LogP contribution in [0.15, 0.2) is 42.6 Å². The zero-order valence-corrected chi connectivity index (χ0v) is 23.2. The molecule has 3 aromatic rings. The van der Waals surface area contributed by atoms with E-state index in [2.05, 4.69) is 15.3 Å². The summed E-state index contributed by atoms with van der Waals surface area (Å²) in [6.45, 7) is 2.86. The van der Waals surface area contributed by atoms with Gasteiger partial charge in [-0.2, -0.15) is 0 Å². The molecule has 0 radical (unpaired) electrons. The first kappa shape index (κ1) is 27.9. The van der Waals surface area contributed by atoms with Gasteiger partial charge in [0, 0.05) is 43.0 Å². The minimum absolute atomic E-state index is 0.173. The Kier molecular flexibility index (Phi) is 8.58. The Bertz CT molecular complexity index is 1400. The molecule has 4 heterocycles. The van der Waals surface area contributed by atoms with Crippen molar-refractivity contribution in [1.82, 2.24) is 25.2 Å². The fourth-order valence-corrected chi connectivity index (χ4v) is 5.42. The number of fused-ring (bicyclic) bond motifs is 1. The molecule has 11 heteroatoms. The van der Waals surface area contributed by atoms with E-state index in [1.807, 2.05) is 19.1 Å². The number of aliphatic hydroxyl groups excluding tert-OH is 1. The summed E-state index contributed by atoms with van der Waals surface area (Å²) in [5.74, 6) is 0.892. The highest BCUT2D eigenvalue weighted by atomic mass is 35.5. The molecule has 10 nitrogen and oxygen atoms in total. The zero-order valence-electron chi connectivity index (χ0n) is 22.5. The molecular weight excluding hydrogens is 534 g/mol. The van der Waals surface area contributed by atoms with Crippen LogP contribution in [0.25, 0.3) is 11.3 Å². The number of hydrogen-bond donors (Lipinski definition) is 2. The summed E-state index contributed by atoms with van der Waals surface area (Å²) in [7, 11) is 1.49. The van der Waals surface area contributed by atoms with Gasteiger partial charge in [0.05, 0.1) is 42.2 Å². The quantitative estimate of drug-likeness (QED) is 0.403. The molecule has 0 aliphatic carbocycles. The second-order valence-electron chi connectivity index (χ2n) is 10.1. The van der Waals surface area contributed by atoms with Crippen LogP contribution in [-0.2, 0) is 16.0 Å². The third-order valence-corrected chi connectivity index (χ3v) is 7.76. The number of carbonyl (C=O) groups is 2. The number of halogens is 1. The van der Waals surface area contributed by atoms with Crippen LogP contribution in [0.3, 0.4) is 0 Å². The maximum absolute atomic E-state index is 13.4. The minimum Gasteiger partial charge on any atom is -0.481 e. The summed E-state index contributed by atoms with van der Waals surface area (Å²) in [5, 5.41) is 13.0. The van der Waals surface area contributed by atoms with E-state index in [9.17, 15) is 14.7 Å². The Hall–Kier alpha value is -3.60. The van der Waals surface area contributed by atoms with Crippen molar-refractivity contribution in [2.45, 2.75) is 38.3 Å². The average Bonchev–Trinajstić information content (AvgIpc) is 3.21. The van der Waals surface area contributed by atoms with E-state index in [0.717, 1.165) is 43.6 Å². The standard InChI is InChI=1S/C29H32ClN5O5/c1-17-20-7-6-19(28-22(30)14-31-25(34-28)12-18-8-10-40-11-9-18)13-21(20)29(38)35(17)15-26(37)32-24(16-36)23-4-3-5-27(33-23)39-2/h3-7,13-14,17-18,24,36H,8-12,15-16H2,1-2H3,(H,32,37)/t17-,24-/m1/s1. The first-order valence-corrected chi connectivity index (χ1v) is 13.7. The van der Waals surface area contributed by atoms with Crippen LogP contribution in [0.1, 0.15) is 59.3 Å². The zero-order chi connectivity index (χ0) is 28.2. The molecule has 0 bridgehead atoms. The number of aromatic nitrogens is 3. The van der Waals surface area contributed by atoms with Crippen LogP contribution in [0.2, 0.25) is 5.02 Å². The molecule has 0 saturated carbocycles. The molecule has 0 spiro atoms. The fourth-order valence-electron chi connectivity index (χ4n) is 5.22. The Morgan fingerprint density at radius 1 is 1.25 bits per heavy atom. The van der Waals surface area contributed by atoms with Crippen molar-refractivity contribution in [3.8, 4) is 17.1 Å². The number of hydrogen-bond acceptors (Lipinski definition) is 8. The van der Waals surface area contributed by atoms with E-state index in [1.54, 1.807) is 30.5 Å². The lowest BCUT2D eigenvalue weighted by Crippen LogP contribution is -2.41. The highest BCUT2D eigenvalue weighted by Gasteiger charge is 2.36. The second kappa shape index (κ2) is 12.3. The number of amides is 2. The van der Waals surface area contributed by atoms with Crippen molar-refractivity contribution < 1.29 is 24.2 Å². The molecule has 210 valence electrons. The van der Waals surface area contributed by atoms with Crippen molar-refractivity contribution in [2.24, 2.45) is 5.92 Å². The Morgan fingerprint density at radius 2 is 2.05 bits per heavy atom. The van der Waals surface area contributed by atoms with E-state index in [0.29, 0.717) is 39.6 Å². The number of rotatable bonds is 9. The Labute approximate surface area is 237 Å². The summed E-state index contributed by atoms with van der Waals surface area (Å²) < 4.78 is 10.6. The summed E-state index contributed by atoms with van der Waals surface area (Å²) in [4.78, 5) is 41.4. The summed E-state index contributed by atoms with van der Waals surface area (Å²) in [6.07, 6.45) is 4.31. The second-order valence-corrected chi connectivity index (χ2v) is 10.5. The predicted molar refractivity (Wildman–Crippen MR) is 148 cm³/mol. The largest absolute Gasteiger partial charge is 0.481 e. The number of pyridine rings is 1. The van der Waals surface area contributed by atoms with E-state index in [-0.39, 0.29) is 25.1 Å². The first-order chi connectivity index (χ1) is 19.4. The van der Waals surface area contributed by atoms with Gasteiger partial charge in [-0.15, -0.1) is 0 Å². The highest BCUT2D eigenvalue weighted by molar-refractivity contribution is 6.32. The molecule has 1 fully saturated rings. The Balaban J connectivity index is 1.30. The maximum atomic E-state index is 13.4. The van der Waals surface area contributed by atoms with Crippen LogP contribution in [0.4, 0.5) is 0 Å². The number of aliphatic hydroxyl groups is 1. The minimum atomic E-state index is -0.736. The van der Waals surface area contributed by atoms with Crippen LogP contribution < -0.4 is 10.1 Å². The van der Waals surface area contributed by atoms with E-state index in [4.69, 9.17) is 26.1 Å². The molecule has 2 atom stereocenters. The molecule has 2 aliphatic rings. The highest BCUT2D eigenvalue weighted by Crippen LogP contribution is 2.37. The molecule has 0 unspecified atom stereocenters. The van der Waals surface area contributed by atoms with Crippen molar-refractivity contribution in [1.29, 1.82) is 0 Å². The van der Waals surface area contributed by atoms with Crippen molar-refractivity contribution >= 4 is 23.4 Å².